The van der Waals surface area contributed by atoms with E-state index in [1.54, 1.807) is 19.3 Å². The summed E-state index contributed by atoms with van der Waals surface area (Å²) >= 11 is 0. The van der Waals surface area contributed by atoms with Gasteiger partial charge in [-0.1, -0.05) is 0 Å². The van der Waals surface area contributed by atoms with E-state index in [4.69, 9.17) is 5.11 Å². The van der Waals surface area contributed by atoms with Gasteiger partial charge in [-0.2, -0.15) is 0 Å². The molecule has 1 aliphatic rings. The number of carboxylic acid groups (broad SMARTS) is 1. The van der Waals surface area contributed by atoms with Crippen molar-refractivity contribution in [2.24, 2.45) is 0 Å². The predicted molar refractivity (Wildman–Crippen MR) is 64.1 cm³/mol. The van der Waals surface area contributed by atoms with Gasteiger partial charge in [-0.05, 0) is 26.2 Å². The maximum absolute atomic E-state index is 10.8. The first-order chi connectivity index (χ1) is 8.18. The lowest BCUT2D eigenvalue weighted by atomic mass is 10.1. The SMILES string of the molecule is CC(C(=O)O)c1cnc(N2CCCCC2)nc1. The minimum atomic E-state index is -0.848. The van der Waals surface area contributed by atoms with Gasteiger partial charge >= 0.3 is 5.97 Å². The Labute approximate surface area is 100 Å². The van der Waals surface area contributed by atoms with E-state index in [0.717, 1.165) is 13.1 Å². The van der Waals surface area contributed by atoms with E-state index in [2.05, 4.69) is 14.9 Å². The van der Waals surface area contributed by atoms with Crippen molar-refractivity contribution in [1.29, 1.82) is 0 Å². The Hall–Kier alpha value is -1.65. The highest BCUT2D eigenvalue weighted by atomic mass is 16.4. The molecule has 5 nitrogen and oxygen atoms in total. The number of aromatic nitrogens is 2. The summed E-state index contributed by atoms with van der Waals surface area (Å²) in [6.07, 6.45) is 6.86. The highest BCUT2D eigenvalue weighted by molar-refractivity contribution is 5.75. The minimum Gasteiger partial charge on any atom is -0.481 e. The second-order valence-corrected chi connectivity index (χ2v) is 4.42. The van der Waals surface area contributed by atoms with Crippen LogP contribution in [0.4, 0.5) is 5.95 Å². The first-order valence-corrected chi connectivity index (χ1v) is 5.98. The van der Waals surface area contributed by atoms with Gasteiger partial charge in [-0.3, -0.25) is 4.79 Å². The molecule has 0 bridgehead atoms. The summed E-state index contributed by atoms with van der Waals surface area (Å²) in [6.45, 7) is 3.63. The smallest absolute Gasteiger partial charge is 0.310 e. The Kier molecular flexibility index (Phi) is 3.56. The fraction of sp³-hybridized carbons (Fsp3) is 0.583. The number of nitrogens with zero attached hydrogens (tertiary/aromatic N) is 3. The van der Waals surface area contributed by atoms with Crippen molar-refractivity contribution in [1.82, 2.24) is 9.97 Å². The van der Waals surface area contributed by atoms with Crippen LogP contribution in [-0.4, -0.2) is 34.1 Å². The van der Waals surface area contributed by atoms with E-state index in [9.17, 15) is 4.79 Å². The maximum Gasteiger partial charge on any atom is 0.310 e. The summed E-state index contributed by atoms with van der Waals surface area (Å²) in [5.74, 6) is -0.684. The van der Waals surface area contributed by atoms with Crippen molar-refractivity contribution in [3.05, 3.63) is 18.0 Å². The van der Waals surface area contributed by atoms with Gasteiger partial charge in [0, 0.05) is 31.0 Å². The Morgan fingerprint density at radius 2 is 1.88 bits per heavy atom. The van der Waals surface area contributed by atoms with E-state index in [-0.39, 0.29) is 0 Å². The van der Waals surface area contributed by atoms with Crippen LogP contribution in [0.2, 0.25) is 0 Å². The van der Waals surface area contributed by atoms with Gasteiger partial charge in [0.25, 0.3) is 0 Å². The van der Waals surface area contributed by atoms with Gasteiger partial charge in [-0.25, -0.2) is 9.97 Å². The molecule has 1 fully saturated rings. The molecule has 2 rings (SSSR count). The number of carboxylic acids is 1. The van der Waals surface area contributed by atoms with Gasteiger partial charge in [0.05, 0.1) is 5.92 Å². The van der Waals surface area contributed by atoms with Crippen LogP contribution in [0.3, 0.4) is 0 Å². The van der Waals surface area contributed by atoms with Crippen molar-refractivity contribution in [3.8, 4) is 0 Å². The van der Waals surface area contributed by atoms with Crippen molar-refractivity contribution in [2.45, 2.75) is 32.1 Å². The number of anilines is 1. The number of carbonyl (C=O) groups is 1. The summed E-state index contributed by atoms with van der Waals surface area (Å²) in [6, 6.07) is 0. The summed E-state index contributed by atoms with van der Waals surface area (Å²) < 4.78 is 0. The van der Waals surface area contributed by atoms with Gasteiger partial charge < -0.3 is 10.0 Å². The van der Waals surface area contributed by atoms with Crippen molar-refractivity contribution >= 4 is 11.9 Å². The average molecular weight is 235 g/mol. The van der Waals surface area contributed by atoms with E-state index < -0.39 is 11.9 Å². The molecule has 5 heteroatoms. The van der Waals surface area contributed by atoms with E-state index in [1.165, 1.54) is 19.3 Å². The molecule has 0 spiro atoms. The van der Waals surface area contributed by atoms with E-state index >= 15 is 0 Å². The largest absolute Gasteiger partial charge is 0.481 e. The fourth-order valence-electron chi connectivity index (χ4n) is 1.95. The third kappa shape index (κ3) is 2.72. The second kappa shape index (κ2) is 5.12. The molecule has 1 aromatic heterocycles. The quantitative estimate of drug-likeness (QED) is 0.863. The molecule has 0 radical (unpaired) electrons. The minimum absolute atomic E-state index is 0.551. The van der Waals surface area contributed by atoms with Crippen LogP contribution >= 0.6 is 0 Å². The summed E-state index contributed by atoms with van der Waals surface area (Å²) in [7, 11) is 0. The highest BCUT2D eigenvalue weighted by Gasteiger charge is 2.17. The van der Waals surface area contributed by atoms with Gasteiger partial charge in [0.2, 0.25) is 5.95 Å². The third-order valence-electron chi connectivity index (χ3n) is 3.17. The summed E-state index contributed by atoms with van der Waals surface area (Å²) in [5.41, 5.74) is 0.651. The lowest BCUT2D eigenvalue weighted by Gasteiger charge is -2.26. The Bertz CT molecular complexity index is 385. The van der Waals surface area contributed by atoms with Crippen LogP contribution < -0.4 is 4.90 Å². The Morgan fingerprint density at radius 3 is 2.41 bits per heavy atom. The predicted octanol–water partition coefficient (Wildman–Crippen LogP) is 1.65. The van der Waals surface area contributed by atoms with Gasteiger partial charge in [-0.15, -0.1) is 0 Å². The lowest BCUT2D eigenvalue weighted by Crippen LogP contribution is -2.31. The fourth-order valence-corrected chi connectivity index (χ4v) is 1.95. The maximum atomic E-state index is 10.8. The molecule has 1 aliphatic heterocycles. The second-order valence-electron chi connectivity index (χ2n) is 4.42. The molecule has 92 valence electrons. The molecule has 1 N–H and O–H groups in total. The first-order valence-electron chi connectivity index (χ1n) is 5.98. The monoisotopic (exact) mass is 235 g/mol. The standard InChI is InChI=1S/C12H17N3O2/c1-9(11(16)17)10-7-13-12(14-8-10)15-5-3-2-4-6-15/h7-9H,2-6H2,1H3,(H,16,17). The number of aliphatic carboxylic acids is 1. The molecule has 1 saturated heterocycles. The Morgan fingerprint density at radius 1 is 1.29 bits per heavy atom. The molecule has 1 atom stereocenters. The molecule has 17 heavy (non-hydrogen) atoms. The zero-order valence-electron chi connectivity index (χ0n) is 9.96. The van der Waals surface area contributed by atoms with Crippen LogP contribution in [0.15, 0.2) is 12.4 Å². The first kappa shape index (κ1) is 11.8. The zero-order chi connectivity index (χ0) is 12.3. The summed E-state index contributed by atoms with van der Waals surface area (Å²) in [4.78, 5) is 21.5. The van der Waals surface area contributed by atoms with Crippen LogP contribution in [0, 0.1) is 0 Å². The van der Waals surface area contributed by atoms with Crippen LogP contribution in [-0.2, 0) is 4.79 Å². The van der Waals surface area contributed by atoms with Gasteiger partial charge in [0.1, 0.15) is 0 Å². The molecule has 0 aliphatic carbocycles. The number of hydrogen-bond donors (Lipinski definition) is 1. The topological polar surface area (TPSA) is 66.3 Å². The van der Waals surface area contributed by atoms with E-state index in [1.807, 2.05) is 0 Å². The van der Waals surface area contributed by atoms with Crippen molar-refractivity contribution in [2.75, 3.05) is 18.0 Å². The van der Waals surface area contributed by atoms with Crippen LogP contribution in [0.25, 0.3) is 0 Å². The summed E-state index contributed by atoms with van der Waals surface area (Å²) in [5, 5.41) is 8.89. The average Bonchev–Trinajstić information content (AvgIpc) is 2.39. The molecular formula is C12H17N3O2. The highest BCUT2D eigenvalue weighted by Crippen LogP contribution is 2.18. The van der Waals surface area contributed by atoms with Gasteiger partial charge in [0.15, 0.2) is 0 Å². The van der Waals surface area contributed by atoms with Crippen LogP contribution in [0.5, 0.6) is 0 Å². The number of hydrogen-bond acceptors (Lipinski definition) is 4. The molecule has 1 unspecified atom stereocenters. The molecular weight excluding hydrogens is 218 g/mol. The molecule has 1 aromatic rings. The molecule has 0 amide bonds. The van der Waals surface area contributed by atoms with Crippen LogP contribution in [0.1, 0.15) is 37.7 Å². The molecule has 0 aromatic carbocycles. The third-order valence-corrected chi connectivity index (χ3v) is 3.17. The number of piperidine rings is 1. The van der Waals surface area contributed by atoms with E-state index in [0.29, 0.717) is 11.5 Å². The molecule has 2 heterocycles. The normalized spacial score (nSPS) is 17.8. The molecule has 0 saturated carbocycles. The number of rotatable bonds is 3. The zero-order valence-corrected chi connectivity index (χ0v) is 9.96. The lowest BCUT2D eigenvalue weighted by molar-refractivity contribution is -0.138. The van der Waals surface area contributed by atoms with Crippen molar-refractivity contribution in [3.63, 3.8) is 0 Å². The van der Waals surface area contributed by atoms with Crippen molar-refractivity contribution < 1.29 is 9.90 Å². The Balaban J connectivity index is 2.09.